The molecule has 50 heavy (non-hydrogen) atoms. The molecule has 3 heterocycles. The Morgan fingerprint density at radius 2 is 1.50 bits per heavy atom. The zero-order chi connectivity index (χ0) is 34.0. The molecule has 1 aliphatic rings. The molecule has 4 aromatic carbocycles. The van der Waals surface area contributed by atoms with Crippen molar-refractivity contribution in [3.05, 3.63) is 139 Å². The largest absolute Gasteiger partial charge is 0.501 e. The van der Waals surface area contributed by atoms with Crippen molar-refractivity contribution in [2.75, 3.05) is 0 Å². The predicted molar refractivity (Wildman–Crippen MR) is 208 cm³/mol. The molecule has 0 spiro atoms. The van der Waals surface area contributed by atoms with Crippen LogP contribution in [0.3, 0.4) is 0 Å². The summed E-state index contributed by atoms with van der Waals surface area (Å²) in [6, 6.07) is 44.3. The maximum atomic E-state index is 6.38. The number of furan rings is 1. The van der Waals surface area contributed by atoms with E-state index in [4.69, 9.17) is 9.40 Å². The molecule has 8 rings (SSSR count). The second kappa shape index (κ2) is 15.0. The Balaban J connectivity index is 0.000000215. The van der Waals surface area contributed by atoms with Crippen LogP contribution in [0.15, 0.2) is 126 Å². The van der Waals surface area contributed by atoms with E-state index in [2.05, 4.69) is 123 Å². The van der Waals surface area contributed by atoms with Gasteiger partial charge >= 0.3 is 0 Å². The van der Waals surface area contributed by atoms with E-state index in [-0.39, 0.29) is 25.5 Å². The van der Waals surface area contributed by atoms with Crippen molar-refractivity contribution >= 4 is 35.2 Å². The minimum absolute atomic E-state index is 0. The monoisotopic (exact) mass is 849 g/mol. The van der Waals surface area contributed by atoms with Crippen LogP contribution in [0.4, 0.5) is 0 Å². The van der Waals surface area contributed by atoms with Crippen LogP contribution in [-0.2, 0) is 25.5 Å². The van der Waals surface area contributed by atoms with Gasteiger partial charge in [-0.1, -0.05) is 112 Å². The summed E-state index contributed by atoms with van der Waals surface area (Å²) in [5.74, 6) is 0.732. The first-order chi connectivity index (χ1) is 23.7. The topological polar surface area (TPSA) is 38.9 Å². The average Bonchev–Trinajstić information content (AvgIpc) is 3.82. The SMILES string of the molecule is CC(C)(c1ccnc(-c2[c-]ccc3c2oc2ccc(-c4ccccc4)cc23)c1)C1CCCC1.C[Si](C)(C)c1ccc(-c2[c-]cccc2)nc1.[Ir]. The number of pyridine rings is 2. The molecule has 0 N–H and O–H groups in total. The second-order valence-electron chi connectivity index (χ2n) is 14.9. The minimum Gasteiger partial charge on any atom is -0.501 e. The molecule has 1 saturated carbocycles. The standard InChI is InChI=1S/C31H28NO.C14H16NSi.Ir/c1-31(2,23-11-6-7-12-23)24-17-18-32-28(20-24)26-14-8-13-25-27-19-22(21-9-4-3-5-10-21)15-16-29(27)33-30(25)26;1-16(2,3)13-9-10-14(15-11-13)12-7-5-4-6-8-12;/h3-5,8-10,13,15-20,23H,6-7,11-12H2,1-2H3;4-7,9-11H,1-3H3;/q2*-1;. The molecule has 7 aromatic rings. The van der Waals surface area contributed by atoms with Gasteiger partial charge in [-0.15, -0.1) is 54.1 Å². The van der Waals surface area contributed by atoms with Gasteiger partial charge in [0.15, 0.2) is 0 Å². The quantitative estimate of drug-likeness (QED) is 0.124. The molecular weight excluding hydrogens is 805 g/mol. The van der Waals surface area contributed by atoms with Gasteiger partial charge in [0.1, 0.15) is 5.58 Å². The van der Waals surface area contributed by atoms with Crippen LogP contribution in [0.25, 0.3) is 55.6 Å². The molecule has 3 nitrogen and oxygen atoms in total. The molecule has 0 amide bonds. The summed E-state index contributed by atoms with van der Waals surface area (Å²) < 4.78 is 6.38. The minimum atomic E-state index is -1.23. The molecule has 3 aromatic heterocycles. The van der Waals surface area contributed by atoms with Crippen LogP contribution in [0, 0.1) is 18.1 Å². The summed E-state index contributed by atoms with van der Waals surface area (Å²) in [5.41, 5.74) is 9.59. The molecule has 1 aliphatic carbocycles. The van der Waals surface area contributed by atoms with Crippen molar-refractivity contribution in [3.63, 3.8) is 0 Å². The summed E-state index contributed by atoms with van der Waals surface area (Å²) in [5, 5.41) is 3.63. The number of aromatic nitrogens is 2. The normalized spacial score (nSPS) is 13.5. The van der Waals surface area contributed by atoms with Crippen LogP contribution in [0.2, 0.25) is 19.6 Å². The van der Waals surface area contributed by atoms with Crippen molar-refractivity contribution in [2.24, 2.45) is 5.92 Å². The first-order valence-corrected chi connectivity index (χ1v) is 21.0. The van der Waals surface area contributed by atoms with Crippen molar-refractivity contribution in [2.45, 2.75) is 64.6 Å². The van der Waals surface area contributed by atoms with Crippen molar-refractivity contribution in [1.29, 1.82) is 0 Å². The van der Waals surface area contributed by atoms with Crippen molar-refractivity contribution < 1.29 is 24.5 Å². The van der Waals surface area contributed by atoms with E-state index in [1.54, 1.807) is 0 Å². The molecular formula is C45H44IrN2OSi-2. The predicted octanol–water partition coefficient (Wildman–Crippen LogP) is 11.7. The van der Waals surface area contributed by atoms with E-state index in [1.165, 1.54) is 47.6 Å². The smallest absolute Gasteiger partial charge is 0.120 e. The number of hydrogen-bond donors (Lipinski definition) is 0. The van der Waals surface area contributed by atoms with E-state index in [9.17, 15) is 0 Å². The molecule has 0 atom stereocenters. The summed E-state index contributed by atoms with van der Waals surface area (Å²) in [7, 11) is -1.23. The Kier molecular flexibility index (Phi) is 10.7. The first-order valence-electron chi connectivity index (χ1n) is 17.5. The van der Waals surface area contributed by atoms with Gasteiger partial charge in [0.2, 0.25) is 0 Å². The Bertz CT molecular complexity index is 2180. The summed E-state index contributed by atoms with van der Waals surface area (Å²) in [4.78, 5) is 9.26. The third-order valence-corrected chi connectivity index (χ3v) is 12.3. The van der Waals surface area contributed by atoms with Crippen LogP contribution >= 0.6 is 0 Å². The molecule has 0 bridgehead atoms. The molecule has 0 aliphatic heterocycles. The molecule has 1 radical (unpaired) electrons. The van der Waals surface area contributed by atoms with Crippen molar-refractivity contribution in [1.82, 2.24) is 9.97 Å². The number of fused-ring (bicyclic) bond motifs is 3. The molecule has 0 saturated heterocycles. The maximum absolute atomic E-state index is 6.38. The number of benzene rings is 4. The second-order valence-corrected chi connectivity index (χ2v) is 19.9. The number of rotatable bonds is 6. The summed E-state index contributed by atoms with van der Waals surface area (Å²) in [6.07, 6.45) is 9.30. The van der Waals surface area contributed by atoms with Gasteiger partial charge in [0.25, 0.3) is 0 Å². The van der Waals surface area contributed by atoms with Gasteiger partial charge in [-0.3, -0.25) is 0 Å². The van der Waals surface area contributed by atoms with Crippen molar-refractivity contribution in [3.8, 4) is 33.6 Å². The van der Waals surface area contributed by atoms with E-state index < -0.39 is 8.07 Å². The molecule has 5 heteroatoms. The van der Waals surface area contributed by atoms with Gasteiger partial charge in [0, 0.05) is 37.9 Å². The number of nitrogens with zero attached hydrogens (tertiary/aromatic N) is 2. The van der Waals surface area contributed by atoms with Crippen LogP contribution in [-0.4, -0.2) is 18.0 Å². The molecule has 255 valence electrons. The first kappa shape index (κ1) is 35.7. The van der Waals surface area contributed by atoms with Gasteiger partial charge in [0.05, 0.1) is 13.7 Å². The Hall–Kier alpha value is -4.15. The Morgan fingerprint density at radius 3 is 2.20 bits per heavy atom. The van der Waals surface area contributed by atoms with Gasteiger partial charge in [-0.2, -0.15) is 0 Å². The van der Waals surface area contributed by atoms with Gasteiger partial charge in [-0.05, 0) is 75.6 Å². The third kappa shape index (κ3) is 7.46. The third-order valence-electron chi connectivity index (χ3n) is 10.3. The van der Waals surface area contributed by atoms with Gasteiger partial charge in [-0.25, -0.2) is 0 Å². The van der Waals surface area contributed by atoms with E-state index in [1.807, 2.05) is 48.8 Å². The van der Waals surface area contributed by atoms with E-state index in [0.29, 0.717) is 0 Å². The zero-order valence-electron chi connectivity index (χ0n) is 29.6. The Morgan fingerprint density at radius 1 is 0.720 bits per heavy atom. The fraction of sp³-hybridized carbons (Fsp3) is 0.244. The fourth-order valence-electron chi connectivity index (χ4n) is 7.14. The average molecular weight is 849 g/mol. The zero-order valence-corrected chi connectivity index (χ0v) is 33.0. The van der Waals surface area contributed by atoms with Gasteiger partial charge < -0.3 is 14.4 Å². The summed E-state index contributed by atoms with van der Waals surface area (Å²) >= 11 is 0. The van der Waals surface area contributed by atoms with Crippen LogP contribution < -0.4 is 5.19 Å². The Labute approximate surface area is 311 Å². The summed E-state index contributed by atoms with van der Waals surface area (Å²) in [6.45, 7) is 11.8. The van der Waals surface area contributed by atoms with E-state index >= 15 is 0 Å². The van der Waals surface area contributed by atoms with E-state index in [0.717, 1.165) is 50.4 Å². The van der Waals surface area contributed by atoms with Crippen LogP contribution in [0.5, 0.6) is 0 Å². The van der Waals surface area contributed by atoms with Crippen LogP contribution in [0.1, 0.15) is 45.1 Å². The molecule has 0 unspecified atom stereocenters. The molecule has 1 fully saturated rings. The fourth-order valence-corrected chi connectivity index (χ4v) is 8.18. The maximum Gasteiger partial charge on any atom is 0.120 e. The number of hydrogen-bond acceptors (Lipinski definition) is 3.